The van der Waals surface area contributed by atoms with E-state index in [1.54, 1.807) is 7.11 Å². The second-order valence-electron chi connectivity index (χ2n) is 2.35. The third-order valence-corrected chi connectivity index (χ3v) is 2.37. The van der Waals surface area contributed by atoms with Crippen molar-refractivity contribution in [3.8, 4) is 5.75 Å². The van der Waals surface area contributed by atoms with Crippen LogP contribution in [0.4, 0.5) is 0 Å². The molecule has 0 unspecified atom stereocenters. The van der Waals surface area contributed by atoms with Gasteiger partial charge < -0.3 is 4.74 Å². The van der Waals surface area contributed by atoms with Gasteiger partial charge in [-0.2, -0.15) is 0 Å². The highest BCUT2D eigenvalue weighted by Crippen LogP contribution is 2.23. The van der Waals surface area contributed by atoms with Gasteiger partial charge in [0.15, 0.2) is 5.62 Å². The highest BCUT2D eigenvalue weighted by molar-refractivity contribution is 8.11. The van der Waals surface area contributed by atoms with Crippen molar-refractivity contribution in [2.24, 2.45) is 0 Å². The lowest BCUT2D eigenvalue weighted by Gasteiger charge is -2.03. The lowest BCUT2D eigenvalue weighted by molar-refractivity contribution is 0.414. The first-order valence-electron chi connectivity index (χ1n) is 3.53. The molecular weight excluding hydrogens is 172 g/mol. The number of hydrogen-bond donors (Lipinski definition) is 0. The Kier molecular flexibility index (Phi) is 3.17. The van der Waals surface area contributed by atoms with Crippen molar-refractivity contribution in [1.82, 2.24) is 0 Å². The number of rotatable bonds is 3. The molecule has 12 heavy (non-hydrogen) atoms. The second kappa shape index (κ2) is 4.16. The topological polar surface area (TPSA) is 26.3 Å². The van der Waals surface area contributed by atoms with Crippen molar-refractivity contribution in [2.75, 3.05) is 7.11 Å². The van der Waals surface area contributed by atoms with E-state index in [4.69, 9.17) is 4.74 Å². The summed E-state index contributed by atoms with van der Waals surface area (Å²) in [6.45, 7) is 1.95. The molecule has 0 aliphatic heterocycles. The molecule has 0 aliphatic carbocycles. The summed E-state index contributed by atoms with van der Waals surface area (Å²) in [4.78, 5) is 11.2. The molecule has 0 saturated heterocycles. The van der Waals surface area contributed by atoms with Gasteiger partial charge in [0.1, 0.15) is 5.75 Å². The minimum Gasteiger partial charge on any atom is -0.497 e. The molecule has 1 aromatic carbocycles. The summed E-state index contributed by atoms with van der Waals surface area (Å²) in [6.07, 6.45) is 0. The Labute approximate surface area is 75.9 Å². The van der Waals surface area contributed by atoms with Crippen LogP contribution in [-0.4, -0.2) is 12.7 Å². The molecule has 0 spiro atoms. The molecule has 1 aromatic rings. The van der Waals surface area contributed by atoms with Crippen molar-refractivity contribution in [1.29, 1.82) is 0 Å². The van der Waals surface area contributed by atoms with E-state index in [1.165, 1.54) is 11.8 Å². The van der Waals surface area contributed by atoms with Gasteiger partial charge in [-0.25, -0.2) is 0 Å². The number of hydrogen-bond acceptors (Lipinski definition) is 3. The maximum absolute atomic E-state index is 10.2. The van der Waals surface area contributed by atoms with Crippen LogP contribution in [0, 0.1) is 6.92 Å². The van der Waals surface area contributed by atoms with Crippen LogP contribution in [0.5, 0.6) is 5.75 Å². The Morgan fingerprint density at radius 3 is 2.75 bits per heavy atom. The normalized spacial score (nSPS) is 9.50. The highest BCUT2D eigenvalue weighted by Gasteiger charge is 1.99. The van der Waals surface area contributed by atoms with Crippen LogP contribution < -0.4 is 4.74 Å². The van der Waals surface area contributed by atoms with E-state index in [2.05, 4.69) is 0 Å². The number of thioether (sulfide) groups is 1. The summed E-state index contributed by atoms with van der Waals surface area (Å²) in [5.74, 6) is 0.822. The average Bonchev–Trinajstić information content (AvgIpc) is 2.09. The second-order valence-corrected chi connectivity index (χ2v) is 3.21. The third-order valence-electron chi connectivity index (χ3n) is 1.56. The van der Waals surface area contributed by atoms with E-state index in [1.807, 2.05) is 25.1 Å². The van der Waals surface area contributed by atoms with Crippen molar-refractivity contribution < 1.29 is 9.53 Å². The Bertz CT molecular complexity index is 284. The van der Waals surface area contributed by atoms with Crippen LogP contribution in [0.25, 0.3) is 0 Å². The Balaban J connectivity index is 2.94. The zero-order valence-corrected chi connectivity index (χ0v) is 7.85. The number of carbonyl (C=O) groups excluding carboxylic acids is 1. The molecule has 0 heterocycles. The number of methoxy groups -OCH3 is 1. The Morgan fingerprint density at radius 2 is 2.25 bits per heavy atom. The molecule has 0 aliphatic rings. The molecule has 0 radical (unpaired) electrons. The number of carbonyl (C=O) groups is 1. The zero-order valence-electron chi connectivity index (χ0n) is 7.03. The van der Waals surface area contributed by atoms with E-state index in [9.17, 15) is 4.79 Å². The summed E-state index contributed by atoms with van der Waals surface area (Å²) in [6, 6.07) is 5.64. The summed E-state index contributed by atoms with van der Waals surface area (Å²) in [7, 11) is 1.63. The molecule has 0 amide bonds. The number of ether oxygens (including phenoxy) is 1. The zero-order chi connectivity index (χ0) is 8.97. The minimum absolute atomic E-state index is 0.822. The predicted octanol–water partition coefficient (Wildman–Crippen LogP) is 2.29. The van der Waals surface area contributed by atoms with Crippen molar-refractivity contribution in [3.63, 3.8) is 0 Å². The predicted molar refractivity (Wildman–Crippen MR) is 50.3 cm³/mol. The summed E-state index contributed by atoms with van der Waals surface area (Å²) < 4.78 is 5.03. The van der Waals surface area contributed by atoms with Crippen molar-refractivity contribution >= 4 is 17.4 Å². The van der Waals surface area contributed by atoms with E-state index in [0.29, 0.717) is 0 Å². The lowest BCUT2D eigenvalue weighted by atomic mass is 10.2. The van der Waals surface area contributed by atoms with Crippen molar-refractivity contribution in [3.05, 3.63) is 23.8 Å². The summed E-state index contributed by atoms with van der Waals surface area (Å²) >= 11 is 1.18. The first-order chi connectivity index (χ1) is 5.77. The Morgan fingerprint density at radius 1 is 1.50 bits per heavy atom. The van der Waals surface area contributed by atoms with Gasteiger partial charge in [0.05, 0.1) is 7.11 Å². The molecule has 0 bridgehead atoms. The standard InChI is InChI=1S/C9H10O2S/c1-7-5-8(11-2)3-4-9(7)12-6-10/h3-6H,1-2H3. The van der Waals surface area contributed by atoms with Gasteiger partial charge in [0.25, 0.3) is 0 Å². The van der Waals surface area contributed by atoms with Crippen LogP contribution >= 0.6 is 11.8 Å². The van der Waals surface area contributed by atoms with E-state index >= 15 is 0 Å². The van der Waals surface area contributed by atoms with E-state index in [-0.39, 0.29) is 0 Å². The average molecular weight is 182 g/mol. The van der Waals surface area contributed by atoms with Gasteiger partial charge in [0, 0.05) is 4.90 Å². The van der Waals surface area contributed by atoms with E-state index < -0.39 is 0 Å². The van der Waals surface area contributed by atoms with Crippen LogP contribution in [0.2, 0.25) is 0 Å². The van der Waals surface area contributed by atoms with E-state index in [0.717, 1.165) is 21.8 Å². The van der Waals surface area contributed by atoms with Crippen LogP contribution in [0.1, 0.15) is 5.56 Å². The quantitative estimate of drug-likeness (QED) is 0.530. The lowest BCUT2D eigenvalue weighted by Crippen LogP contribution is -1.85. The molecule has 0 saturated carbocycles. The molecule has 2 nitrogen and oxygen atoms in total. The third kappa shape index (κ3) is 2.01. The molecular formula is C9H10O2S. The maximum Gasteiger partial charge on any atom is 0.180 e. The number of aryl methyl sites for hydroxylation is 1. The molecule has 0 aromatic heterocycles. The molecule has 0 fully saturated rings. The fraction of sp³-hybridized carbons (Fsp3) is 0.222. The monoisotopic (exact) mass is 182 g/mol. The fourth-order valence-corrected chi connectivity index (χ4v) is 1.43. The molecule has 0 atom stereocenters. The van der Waals surface area contributed by atoms with Gasteiger partial charge in [-0.3, -0.25) is 4.79 Å². The fourth-order valence-electron chi connectivity index (χ4n) is 0.933. The Hall–Kier alpha value is -0.960. The van der Waals surface area contributed by atoms with Crippen LogP contribution in [-0.2, 0) is 4.79 Å². The molecule has 3 heteroatoms. The van der Waals surface area contributed by atoms with Gasteiger partial charge in [-0.1, -0.05) is 11.8 Å². The molecule has 64 valence electrons. The summed E-state index contributed by atoms with van der Waals surface area (Å²) in [5, 5.41) is 0. The molecule has 0 N–H and O–H groups in total. The first kappa shape index (κ1) is 9.13. The van der Waals surface area contributed by atoms with Gasteiger partial charge in [-0.05, 0) is 30.7 Å². The van der Waals surface area contributed by atoms with Crippen LogP contribution in [0.3, 0.4) is 0 Å². The summed E-state index contributed by atoms with van der Waals surface area (Å²) in [5.41, 5.74) is 1.89. The van der Waals surface area contributed by atoms with Gasteiger partial charge >= 0.3 is 0 Å². The van der Waals surface area contributed by atoms with Crippen LogP contribution in [0.15, 0.2) is 23.1 Å². The molecule has 1 rings (SSSR count). The number of benzene rings is 1. The minimum atomic E-state index is 0.822. The smallest absolute Gasteiger partial charge is 0.180 e. The van der Waals surface area contributed by atoms with Gasteiger partial charge in [0.2, 0.25) is 0 Å². The largest absolute Gasteiger partial charge is 0.497 e. The van der Waals surface area contributed by atoms with Gasteiger partial charge in [-0.15, -0.1) is 0 Å². The highest BCUT2D eigenvalue weighted by atomic mass is 32.2. The maximum atomic E-state index is 10.2. The van der Waals surface area contributed by atoms with Crippen molar-refractivity contribution in [2.45, 2.75) is 11.8 Å². The SMILES string of the molecule is COc1ccc(SC=O)c(C)c1. The first-order valence-corrected chi connectivity index (χ1v) is 4.41.